The number of hydrogen-bond acceptors (Lipinski definition) is 3. The zero-order chi connectivity index (χ0) is 14.3. The molecule has 0 N–H and O–H groups in total. The molecule has 2 aromatic rings. The fraction of sp³-hybridized carbons (Fsp3) is 0.467. The average Bonchev–Trinajstić information content (AvgIpc) is 2.81. The largest absolute Gasteiger partial charge is 0.379 e. The third kappa shape index (κ3) is 2.12. The van der Waals surface area contributed by atoms with Crippen LogP contribution in [0.3, 0.4) is 0 Å². The first-order valence-corrected chi connectivity index (χ1v) is 6.81. The highest BCUT2D eigenvalue weighted by molar-refractivity contribution is 5.34. The van der Waals surface area contributed by atoms with Gasteiger partial charge in [0.15, 0.2) is 5.82 Å². The van der Waals surface area contributed by atoms with E-state index in [4.69, 9.17) is 4.74 Å². The van der Waals surface area contributed by atoms with Gasteiger partial charge in [-0.15, -0.1) is 0 Å². The zero-order valence-corrected chi connectivity index (χ0v) is 11.9. The van der Waals surface area contributed by atoms with Crippen molar-refractivity contribution in [3.63, 3.8) is 0 Å². The van der Waals surface area contributed by atoms with Gasteiger partial charge in [-0.05, 0) is 25.1 Å². The van der Waals surface area contributed by atoms with Crippen LogP contribution in [0.4, 0.5) is 4.39 Å². The second-order valence-corrected chi connectivity index (χ2v) is 5.89. The second kappa shape index (κ2) is 4.66. The Hall–Kier alpha value is -1.75. The van der Waals surface area contributed by atoms with Gasteiger partial charge < -0.3 is 4.74 Å². The Labute approximate surface area is 117 Å². The van der Waals surface area contributed by atoms with Crippen molar-refractivity contribution < 1.29 is 9.13 Å². The average molecular weight is 275 g/mol. The van der Waals surface area contributed by atoms with Gasteiger partial charge in [0, 0.05) is 5.92 Å². The highest BCUT2D eigenvalue weighted by Crippen LogP contribution is 2.32. The van der Waals surface area contributed by atoms with E-state index < -0.39 is 0 Å². The van der Waals surface area contributed by atoms with E-state index in [2.05, 4.69) is 30.9 Å². The van der Waals surface area contributed by atoms with Gasteiger partial charge in [-0.25, -0.2) is 14.1 Å². The Morgan fingerprint density at radius 3 is 2.65 bits per heavy atom. The van der Waals surface area contributed by atoms with Crippen LogP contribution in [-0.2, 0) is 10.2 Å². The molecular weight excluding hydrogens is 257 g/mol. The lowest BCUT2D eigenvalue weighted by Crippen LogP contribution is -2.46. The molecule has 5 heteroatoms. The predicted molar refractivity (Wildman–Crippen MR) is 73.6 cm³/mol. The molecule has 20 heavy (non-hydrogen) atoms. The van der Waals surface area contributed by atoms with Gasteiger partial charge >= 0.3 is 0 Å². The lowest BCUT2D eigenvalue weighted by molar-refractivity contribution is -0.0553. The lowest BCUT2D eigenvalue weighted by atomic mass is 9.87. The summed E-state index contributed by atoms with van der Waals surface area (Å²) < 4.78 is 20.5. The molecule has 0 saturated carbocycles. The first kappa shape index (κ1) is 13.2. The maximum Gasteiger partial charge on any atom is 0.153 e. The number of ether oxygens (including phenoxy) is 1. The van der Waals surface area contributed by atoms with E-state index >= 15 is 0 Å². The van der Waals surface area contributed by atoms with Crippen LogP contribution in [-0.4, -0.2) is 28.0 Å². The summed E-state index contributed by atoms with van der Waals surface area (Å²) in [5.41, 5.74) is 0.555. The molecule has 0 bridgehead atoms. The molecule has 0 amide bonds. The van der Waals surface area contributed by atoms with Crippen LogP contribution in [0.1, 0.15) is 38.3 Å². The summed E-state index contributed by atoms with van der Waals surface area (Å²) in [6, 6.07) is 6.43. The van der Waals surface area contributed by atoms with Crippen LogP contribution in [0.2, 0.25) is 0 Å². The standard InChI is InChI=1S/C15H18FN3O/c1-10(2)13-17-14(15(3)8-20-9-15)19(18-13)12-6-4-5-11(16)7-12/h4-7,10H,8-9H2,1-3H3. The SMILES string of the molecule is CC(C)c1nc(C2(C)COC2)n(-c2cccc(F)c2)n1. The van der Waals surface area contributed by atoms with Gasteiger partial charge in [-0.3, -0.25) is 0 Å². The number of benzene rings is 1. The van der Waals surface area contributed by atoms with E-state index in [1.807, 2.05) is 6.07 Å². The summed E-state index contributed by atoms with van der Waals surface area (Å²) in [7, 11) is 0. The summed E-state index contributed by atoms with van der Waals surface area (Å²) in [5, 5.41) is 4.55. The molecule has 3 rings (SSSR count). The summed E-state index contributed by atoms with van der Waals surface area (Å²) in [6.07, 6.45) is 0. The summed E-state index contributed by atoms with van der Waals surface area (Å²) in [5.74, 6) is 1.58. The molecule has 0 spiro atoms. The maximum atomic E-state index is 13.5. The normalized spacial score (nSPS) is 17.2. The first-order chi connectivity index (χ1) is 9.49. The quantitative estimate of drug-likeness (QED) is 0.864. The van der Waals surface area contributed by atoms with Crippen LogP contribution in [0.5, 0.6) is 0 Å². The van der Waals surface area contributed by atoms with Gasteiger partial charge in [-0.1, -0.05) is 19.9 Å². The number of hydrogen-bond donors (Lipinski definition) is 0. The molecule has 1 saturated heterocycles. The van der Waals surface area contributed by atoms with Crippen LogP contribution >= 0.6 is 0 Å². The van der Waals surface area contributed by atoms with Gasteiger partial charge in [-0.2, -0.15) is 5.10 Å². The van der Waals surface area contributed by atoms with Crippen molar-refractivity contribution in [1.82, 2.24) is 14.8 Å². The molecule has 106 valence electrons. The zero-order valence-electron chi connectivity index (χ0n) is 11.9. The monoisotopic (exact) mass is 275 g/mol. The Morgan fingerprint density at radius 1 is 1.35 bits per heavy atom. The van der Waals surface area contributed by atoms with Crippen molar-refractivity contribution in [2.24, 2.45) is 0 Å². The lowest BCUT2D eigenvalue weighted by Gasteiger charge is -2.36. The molecule has 1 aromatic carbocycles. The van der Waals surface area contributed by atoms with Crippen LogP contribution in [0.25, 0.3) is 5.69 Å². The molecule has 1 fully saturated rings. The highest BCUT2D eigenvalue weighted by atomic mass is 19.1. The molecule has 0 atom stereocenters. The van der Waals surface area contributed by atoms with E-state index in [1.165, 1.54) is 12.1 Å². The summed E-state index contributed by atoms with van der Waals surface area (Å²) >= 11 is 0. The maximum absolute atomic E-state index is 13.5. The Balaban J connectivity index is 2.13. The summed E-state index contributed by atoms with van der Waals surface area (Å²) in [6.45, 7) is 7.45. The molecule has 1 aliphatic heterocycles. The first-order valence-electron chi connectivity index (χ1n) is 6.81. The molecule has 1 aromatic heterocycles. The molecule has 4 nitrogen and oxygen atoms in total. The smallest absolute Gasteiger partial charge is 0.153 e. The van der Waals surface area contributed by atoms with E-state index in [9.17, 15) is 4.39 Å². The molecule has 0 radical (unpaired) electrons. The van der Waals surface area contributed by atoms with Crippen molar-refractivity contribution in [2.45, 2.75) is 32.1 Å². The van der Waals surface area contributed by atoms with Crippen LogP contribution in [0, 0.1) is 5.82 Å². The predicted octanol–water partition coefficient (Wildman–Crippen LogP) is 2.82. The fourth-order valence-corrected chi connectivity index (χ4v) is 2.29. The van der Waals surface area contributed by atoms with Crippen molar-refractivity contribution in [3.8, 4) is 5.69 Å². The van der Waals surface area contributed by atoms with E-state index in [0.29, 0.717) is 18.9 Å². The second-order valence-electron chi connectivity index (χ2n) is 5.89. The number of nitrogens with zero attached hydrogens (tertiary/aromatic N) is 3. The number of rotatable bonds is 3. The Bertz CT molecular complexity index is 632. The minimum atomic E-state index is -0.273. The van der Waals surface area contributed by atoms with Gasteiger partial charge in [0.2, 0.25) is 0 Å². The van der Waals surface area contributed by atoms with Gasteiger partial charge in [0.05, 0.1) is 24.3 Å². The van der Waals surface area contributed by atoms with E-state index in [-0.39, 0.29) is 17.2 Å². The van der Waals surface area contributed by atoms with Crippen molar-refractivity contribution in [1.29, 1.82) is 0 Å². The third-order valence-corrected chi connectivity index (χ3v) is 3.57. The van der Waals surface area contributed by atoms with Crippen LogP contribution in [0.15, 0.2) is 24.3 Å². The third-order valence-electron chi connectivity index (χ3n) is 3.57. The van der Waals surface area contributed by atoms with E-state index in [0.717, 1.165) is 11.6 Å². The topological polar surface area (TPSA) is 39.9 Å². The van der Waals surface area contributed by atoms with Crippen molar-refractivity contribution >= 4 is 0 Å². The molecule has 0 unspecified atom stereocenters. The Kier molecular flexibility index (Phi) is 3.09. The minimum Gasteiger partial charge on any atom is -0.379 e. The number of aromatic nitrogens is 3. The molecule has 1 aliphatic rings. The summed E-state index contributed by atoms with van der Waals surface area (Å²) in [4.78, 5) is 4.66. The van der Waals surface area contributed by atoms with Gasteiger partial charge in [0.25, 0.3) is 0 Å². The van der Waals surface area contributed by atoms with Crippen molar-refractivity contribution in [2.75, 3.05) is 13.2 Å². The highest BCUT2D eigenvalue weighted by Gasteiger charge is 2.40. The van der Waals surface area contributed by atoms with E-state index in [1.54, 1.807) is 10.7 Å². The van der Waals surface area contributed by atoms with Crippen LogP contribution < -0.4 is 0 Å². The Morgan fingerprint density at radius 2 is 2.10 bits per heavy atom. The fourth-order valence-electron chi connectivity index (χ4n) is 2.29. The minimum absolute atomic E-state index is 0.146. The molecule has 2 heterocycles. The molecular formula is C15H18FN3O. The van der Waals surface area contributed by atoms with Crippen molar-refractivity contribution in [3.05, 3.63) is 41.7 Å². The number of halogens is 1. The van der Waals surface area contributed by atoms with Gasteiger partial charge in [0.1, 0.15) is 11.6 Å². The molecule has 0 aliphatic carbocycles.